The van der Waals surface area contributed by atoms with Crippen LogP contribution in [0.4, 0.5) is 5.69 Å². The van der Waals surface area contributed by atoms with Crippen LogP contribution in [-0.4, -0.2) is 35.6 Å². The third-order valence-corrected chi connectivity index (χ3v) is 7.44. The summed E-state index contributed by atoms with van der Waals surface area (Å²) < 4.78 is 11.4. The smallest absolute Gasteiger partial charge is 0.339 e. The van der Waals surface area contributed by atoms with Crippen molar-refractivity contribution in [1.82, 2.24) is 4.90 Å². The van der Waals surface area contributed by atoms with Gasteiger partial charge in [0.2, 0.25) is 0 Å². The van der Waals surface area contributed by atoms with Gasteiger partial charge in [-0.1, -0.05) is 29.3 Å². The van der Waals surface area contributed by atoms with Crippen molar-refractivity contribution in [3.05, 3.63) is 79.3 Å². The molecule has 1 aliphatic heterocycles. The van der Waals surface area contributed by atoms with Crippen molar-refractivity contribution in [2.45, 2.75) is 6.92 Å². The van der Waals surface area contributed by atoms with E-state index in [0.29, 0.717) is 44.4 Å². The Morgan fingerprint density at radius 1 is 1.18 bits per heavy atom. The van der Waals surface area contributed by atoms with Gasteiger partial charge in [0.1, 0.15) is 11.5 Å². The number of rotatable bonds is 5. The lowest BCUT2D eigenvalue weighted by Crippen LogP contribution is -2.28. The maximum Gasteiger partial charge on any atom is 0.339 e. The van der Waals surface area contributed by atoms with Crippen LogP contribution in [0, 0.1) is 0 Å². The van der Waals surface area contributed by atoms with Crippen molar-refractivity contribution in [3.63, 3.8) is 0 Å². The minimum absolute atomic E-state index is 0.155. The molecule has 6 nitrogen and oxygen atoms in total. The van der Waals surface area contributed by atoms with Crippen LogP contribution >= 0.6 is 50.9 Å². The second-order valence-corrected chi connectivity index (χ2v) is 9.72. The van der Waals surface area contributed by atoms with Gasteiger partial charge in [0.25, 0.3) is 5.91 Å². The first kappa shape index (κ1) is 24.6. The fourth-order valence-electron chi connectivity index (χ4n) is 3.19. The summed E-state index contributed by atoms with van der Waals surface area (Å²) >= 11 is 17.0. The topological polar surface area (TPSA) is 72.1 Å². The molecule has 0 bridgehead atoms. The first-order valence-electron chi connectivity index (χ1n) is 10.0. The van der Waals surface area contributed by atoms with Gasteiger partial charge in [-0.25, -0.2) is 9.79 Å². The Hall–Kier alpha value is -2.52. The number of benzene rings is 2. The summed E-state index contributed by atoms with van der Waals surface area (Å²) in [6.45, 7) is 2.36. The van der Waals surface area contributed by atoms with E-state index in [9.17, 15) is 9.59 Å². The Morgan fingerprint density at radius 2 is 1.97 bits per heavy atom. The molecule has 3 aromatic rings. The Kier molecular flexibility index (Phi) is 7.52. The molecule has 1 amide bonds. The third-order valence-electron chi connectivity index (χ3n) is 4.89. The third kappa shape index (κ3) is 5.10. The molecular formula is C24H17BrCl2N2O4S. The van der Waals surface area contributed by atoms with Crippen molar-refractivity contribution in [1.29, 1.82) is 0 Å². The highest BCUT2D eigenvalue weighted by atomic mass is 79.9. The second-order valence-electron chi connectivity index (χ2n) is 7.04. The van der Waals surface area contributed by atoms with Crippen molar-refractivity contribution in [2.24, 2.45) is 4.99 Å². The SMILES string of the molecule is CCN1C(=O)/C(=C/c2ccc(-c3ccc(C(=O)OC)c(Cl)c3)o2)SC1=Nc1ccc(Br)c(Cl)c1. The van der Waals surface area contributed by atoms with Crippen LogP contribution in [0.3, 0.4) is 0 Å². The van der Waals surface area contributed by atoms with E-state index in [4.69, 9.17) is 32.4 Å². The van der Waals surface area contributed by atoms with Crippen molar-refractivity contribution < 1.29 is 18.7 Å². The number of methoxy groups -OCH3 is 1. The van der Waals surface area contributed by atoms with Crippen LogP contribution in [0.5, 0.6) is 0 Å². The molecule has 1 aromatic heterocycles. The summed E-state index contributed by atoms with van der Waals surface area (Å²) in [6, 6.07) is 13.8. The first-order chi connectivity index (χ1) is 16.3. The minimum Gasteiger partial charge on any atom is -0.465 e. The monoisotopic (exact) mass is 578 g/mol. The van der Waals surface area contributed by atoms with Gasteiger partial charge in [0.15, 0.2) is 5.17 Å². The Morgan fingerprint density at radius 3 is 2.65 bits per heavy atom. The van der Waals surface area contributed by atoms with Crippen LogP contribution in [0.1, 0.15) is 23.0 Å². The van der Waals surface area contributed by atoms with Crippen molar-refractivity contribution in [2.75, 3.05) is 13.7 Å². The first-order valence-corrected chi connectivity index (χ1v) is 12.4. The van der Waals surface area contributed by atoms with E-state index in [1.54, 1.807) is 47.4 Å². The van der Waals surface area contributed by atoms with E-state index in [2.05, 4.69) is 20.9 Å². The number of amides is 1. The molecule has 0 atom stereocenters. The lowest BCUT2D eigenvalue weighted by molar-refractivity contribution is -0.122. The molecule has 0 radical (unpaired) electrons. The average molecular weight is 580 g/mol. The normalized spacial score (nSPS) is 16.0. The highest BCUT2D eigenvalue weighted by Gasteiger charge is 2.32. The quantitative estimate of drug-likeness (QED) is 0.232. The van der Waals surface area contributed by atoms with Gasteiger partial charge < -0.3 is 9.15 Å². The van der Waals surface area contributed by atoms with E-state index in [-0.39, 0.29) is 16.5 Å². The Bertz CT molecular complexity index is 1350. The number of likely N-dealkylation sites (N-methyl/N-ethyl adjacent to an activating group) is 1. The largest absolute Gasteiger partial charge is 0.465 e. The number of carbonyl (C=O) groups excluding carboxylic acids is 2. The van der Waals surface area contributed by atoms with Gasteiger partial charge >= 0.3 is 5.97 Å². The molecule has 0 spiro atoms. The van der Waals surface area contributed by atoms with E-state index in [1.165, 1.54) is 18.9 Å². The molecule has 1 saturated heterocycles. The number of esters is 1. The molecule has 1 aliphatic rings. The molecule has 2 heterocycles. The molecule has 0 saturated carbocycles. The van der Waals surface area contributed by atoms with E-state index in [0.717, 1.165) is 4.47 Å². The van der Waals surface area contributed by atoms with Gasteiger partial charge in [-0.05, 0) is 77.1 Å². The molecule has 1 fully saturated rings. The van der Waals surface area contributed by atoms with Crippen molar-refractivity contribution in [3.8, 4) is 11.3 Å². The number of aliphatic imine (C=N–C) groups is 1. The van der Waals surface area contributed by atoms with Gasteiger partial charge in [0.05, 0.1) is 33.3 Å². The zero-order chi connectivity index (χ0) is 24.4. The number of thioether (sulfide) groups is 1. The van der Waals surface area contributed by atoms with Crippen LogP contribution in [0.25, 0.3) is 17.4 Å². The molecular weight excluding hydrogens is 563 g/mol. The Balaban J connectivity index is 1.59. The van der Waals surface area contributed by atoms with Gasteiger partial charge in [0, 0.05) is 22.7 Å². The van der Waals surface area contributed by atoms with E-state index in [1.807, 2.05) is 19.1 Å². The van der Waals surface area contributed by atoms with E-state index < -0.39 is 5.97 Å². The molecule has 2 aromatic carbocycles. The van der Waals surface area contributed by atoms with Crippen LogP contribution in [-0.2, 0) is 9.53 Å². The second kappa shape index (κ2) is 10.4. The average Bonchev–Trinajstić information content (AvgIpc) is 3.40. The lowest BCUT2D eigenvalue weighted by Gasteiger charge is -2.12. The molecule has 174 valence electrons. The van der Waals surface area contributed by atoms with Crippen LogP contribution < -0.4 is 0 Å². The van der Waals surface area contributed by atoms with Gasteiger partial charge in [-0.3, -0.25) is 9.69 Å². The number of ether oxygens (including phenoxy) is 1. The fraction of sp³-hybridized carbons (Fsp3) is 0.125. The maximum atomic E-state index is 12.9. The summed E-state index contributed by atoms with van der Waals surface area (Å²) in [7, 11) is 1.30. The number of carbonyl (C=O) groups is 2. The Labute approximate surface area is 218 Å². The van der Waals surface area contributed by atoms with Gasteiger partial charge in [-0.2, -0.15) is 0 Å². The summed E-state index contributed by atoms with van der Waals surface area (Å²) in [4.78, 5) is 31.4. The number of halogens is 3. The molecule has 10 heteroatoms. The highest BCUT2D eigenvalue weighted by Crippen LogP contribution is 2.36. The molecule has 4 rings (SSSR count). The number of nitrogens with zero attached hydrogens (tertiary/aromatic N) is 2. The molecule has 34 heavy (non-hydrogen) atoms. The minimum atomic E-state index is -0.512. The summed E-state index contributed by atoms with van der Waals surface area (Å²) in [5, 5.41) is 1.36. The van der Waals surface area contributed by atoms with Crippen LogP contribution in [0.15, 0.2) is 67.3 Å². The summed E-state index contributed by atoms with van der Waals surface area (Å²) in [6.07, 6.45) is 1.68. The summed E-state index contributed by atoms with van der Waals surface area (Å²) in [5.74, 6) is 0.383. The standard InChI is InChI=1S/C24H17BrCl2N2O4S/c1-3-29-22(30)21(34-24(29)28-14-5-8-17(25)19(27)11-14)12-15-6-9-20(33-15)13-4-7-16(18(26)10-13)23(31)32-2/h4-12H,3H2,1-2H3/b21-12-,28-24?. The number of hydrogen-bond acceptors (Lipinski definition) is 6. The van der Waals surface area contributed by atoms with Crippen LogP contribution in [0.2, 0.25) is 10.0 Å². The molecule has 0 unspecified atom stereocenters. The van der Waals surface area contributed by atoms with E-state index >= 15 is 0 Å². The zero-order valence-corrected chi connectivity index (χ0v) is 21.9. The highest BCUT2D eigenvalue weighted by molar-refractivity contribution is 9.10. The number of amidine groups is 1. The van der Waals surface area contributed by atoms with Crippen molar-refractivity contribution >= 4 is 79.7 Å². The molecule has 0 aliphatic carbocycles. The number of furan rings is 1. The summed E-state index contributed by atoms with van der Waals surface area (Å²) in [5.41, 5.74) is 1.61. The molecule has 0 N–H and O–H groups in total. The lowest BCUT2D eigenvalue weighted by atomic mass is 10.1. The fourth-order valence-corrected chi connectivity index (χ4v) is 4.92. The maximum absolute atomic E-state index is 12.9. The zero-order valence-electron chi connectivity index (χ0n) is 18.0. The van der Waals surface area contributed by atoms with Gasteiger partial charge in [-0.15, -0.1) is 0 Å². The number of hydrogen-bond donors (Lipinski definition) is 0. The predicted octanol–water partition coefficient (Wildman–Crippen LogP) is 7.43. The predicted molar refractivity (Wildman–Crippen MR) is 140 cm³/mol.